The Labute approximate surface area is 124 Å². The fraction of sp³-hybridized carbons (Fsp3) is 0.182. The number of aryl methyl sites for hydroxylation is 2. The second kappa shape index (κ2) is 8.12. The molecule has 20 heavy (non-hydrogen) atoms. The minimum absolute atomic E-state index is 0.442. The van der Waals surface area contributed by atoms with Gasteiger partial charge in [-0.1, -0.05) is 5.16 Å². The van der Waals surface area contributed by atoms with Gasteiger partial charge in [-0.3, -0.25) is 0 Å². The zero-order chi connectivity index (χ0) is 15.0. The first-order valence-electron chi connectivity index (χ1n) is 5.48. The molecule has 7 nitrogen and oxygen atoms in total. The maximum atomic E-state index is 5.29. The third-order valence-electron chi connectivity index (χ3n) is 1.73. The summed E-state index contributed by atoms with van der Waals surface area (Å²) in [6.45, 7) is 3.72. The molecule has 0 aliphatic heterocycles. The summed E-state index contributed by atoms with van der Waals surface area (Å²) in [6.07, 6.45) is 1.68. The maximum absolute atomic E-state index is 5.29. The fourth-order valence-corrected chi connectivity index (χ4v) is 1.92. The third-order valence-corrected chi connectivity index (χ3v) is 3.13. The van der Waals surface area contributed by atoms with Crippen molar-refractivity contribution in [2.24, 2.45) is 0 Å². The molecular weight excluding hydrogens is 296 g/mol. The molecule has 6 N–H and O–H groups in total. The molecule has 3 aromatic heterocycles. The molecule has 0 aromatic carbocycles. The molecule has 0 bridgehead atoms. The van der Waals surface area contributed by atoms with Crippen molar-refractivity contribution in [1.29, 1.82) is 0 Å². The Morgan fingerprint density at radius 2 is 1.85 bits per heavy atom. The number of nitrogens with two attached hydrogens (primary N) is 3. The van der Waals surface area contributed by atoms with Crippen molar-refractivity contribution in [1.82, 2.24) is 15.1 Å². The van der Waals surface area contributed by atoms with Gasteiger partial charge in [0.15, 0.2) is 16.1 Å². The lowest BCUT2D eigenvalue weighted by molar-refractivity contribution is 0.400. The molecule has 0 amide bonds. The molecule has 0 saturated heterocycles. The monoisotopic (exact) mass is 312 g/mol. The molecule has 0 unspecified atom stereocenters. The van der Waals surface area contributed by atoms with Crippen LogP contribution in [0.25, 0.3) is 0 Å². The molecule has 0 atom stereocenters. The van der Waals surface area contributed by atoms with E-state index in [-0.39, 0.29) is 0 Å². The van der Waals surface area contributed by atoms with Crippen LogP contribution < -0.4 is 17.2 Å². The SMILES string of the molecule is Cc1cc(N)no1.Cc1csc(N)n1.Nc1nccs1. The Morgan fingerprint density at radius 1 is 1.10 bits per heavy atom. The van der Waals surface area contributed by atoms with Crippen LogP contribution in [0.3, 0.4) is 0 Å². The van der Waals surface area contributed by atoms with E-state index in [1.165, 1.54) is 22.7 Å². The minimum Gasteiger partial charge on any atom is -0.381 e. The molecule has 0 aliphatic rings. The highest BCUT2D eigenvalue weighted by Crippen LogP contribution is 2.08. The van der Waals surface area contributed by atoms with Crippen LogP contribution in [0.15, 0.2) is 27.5 Å². The van der Waals surface area contributed by atoms with Crippen LogP contribution in [0.1, 0.15) is 11.5 Å². The number of rotatable bonds is 0. The lowest BCUT2D eigenvalue weighted by Crippen LogP contribution is -1.80. The van der Waals surface area contributed by atoms with Gasteiger partial charge < -0.3 is 21.7 Å². The van der Waals surface area contributed by atoms with E-state index in [0.717, 1.165) is 11.5 Å². The molecule has 0 spiro atoms. The van der Waals surface area contributed by atoms with Crippen LogP contribution in [0, 0.1) is 13.8 Å². The van der Waals surface area contributed by atoms with Crippen molar-refractivity contribution >= 4 is 38.8 Å². The molecule has 0 saturated carbocycles. The van der Waals surface area contributed by atoms with Gasteiger partial charge in [-0.25, -0.2) is 9.97 Å². The largest absolute Gasteiger partial charge is 0.381 e. The van der Waals surface area contributed by atoms with Gasteiger partial charge in [0.05, 0.1) is 5.69 Å². The second-order valence-corrected chi connectivity index (χ2v) is 5.38. The van der Waals surface area contributed by atoms with E-state index in [9.17, 15) is 0 Å². The molecule has 108 valence electrons. The third kappa shape index (κ3) is 6.71. The van der Waals surface area contributed by atoms with E-state index in [4.69, 9.17) is 17.2 Å². The summed E-state index contributed by atoms with van der Waals surface area (Å²) in [7, 11) is 0. The number of nitrogens with zero attached hydrogens (tertiary/aromatic N) is 3. The highest BCUT2D eigenvalue weighted by molar-refractivity contribution is 7.13. The first kappa shape index (κ1) is 15.9. The summed E-state index contributed by atoms with van der Waals surface area (Å²) in [5.41, 5.74) is 16.6. The second-order valence-electron chi connectivity index (χ2n) is 3.56. The van der Waals surface area contributed by atoms with Crippen molar-refractivity contribution in [3.05, 3.63) is 34.5 Å². The van der Waals surface area contributed by atoms with E-state index >= 15 is 0 Å². The number of aromatic nitrogens is 3. The number of thiazole rings is 2. The minimum atomic E-state index is 0.442. The standard InChI is InChI=1S/C4H6N2O.C4H6N2S.C3H4N2S/c1-3-2-4(5)6-7-3;1-3-2-7-4(5)6-3;4-3-5-1-2-6-3/h2*2H,1H3,(H2,5,6);1-2H,(H2,4,5). The fourth-order valence-electron chi connectivity index (χ4n) is 0.992. The summed E-state index contributed by atoms with van der Waals surface area (Å²) in [5.74, 6) is 1.19. The molecule has 3 aromatic rings. The van der Waals surface area contributed by atoms with Crippen molar-refractivity contribution in [2.45, 2.75) is 13.8 Å². The highest BCUT2D eigenvalue weighted by atomic mass is 32.1. The Bertz CT molecular complexity index is 533. The Balaban J connectivity index is 0.000000151. The van der Waals surface area contributed by atoms with Crippen molar-refractivity contribution < 1.29 is 4.52 Å². The molecule has 3 rings (SSSR count). The van der Waals surface area contributed by atoms with Crippen LogP contribution in [0.2, 0.25) is 0 Å². The van der Waals surface area contributed by atoms with E-state index < -0.39 is 0 Å². The van der Waals surface area contributed by atoms with Crippen LogP contribution >= 0.6 is 22.7 Å². The van der Waals surface area contributed by atoms with Gasteiger partial charge in [0, 0.05) is 23.0 Å². The molecule has 3 heterocycles. The lowest BCUT2D eigenvalue weighted by atomic mass is 10.5. The van der Waals surface area contributed by atoms with Gasteiger partial charge in [-0.2, -0.15) is 0 Å². The van der Waals surface area contributed by atoms with Crippen LogP contribution in [-0.2, 0) is 0 Å². The molecular formula is C11H16N6OS2. The van der Waals surface area contributed by atoms with Crippen molar-refractivity contribution in [2.75, 3.05) is 17.2 Å². The number of hydrogen-bond donors (Lipinski definition) is 3. The van der Waals surface area contributed by atoms with Crippen LogP contribution in [0.4, 0.5) is 16.1 Å². The average molecular weight is 312 g/mol. The zero-order valence-corrected chi connectivity index (χ0v) is 12.7. The zero-order valence-electron chi connectivity index (χ0n) is 11.1. The maximum Gasteiger partial charge on any atom is 0.180 e. The number of anilines is 3. The van der Waals surface area contributed by atoms with Gasteiger partial charge in [0.2, 0.25) is 0 Å². The van der Waals surface area contributed by atoms with E-state index in [1.807, 2.05) is 17.7 Å². The van der Waals surface area contributed by atoms with Crippen LogP contribution in [0.5, 0.6) is 0 Å². The summed E-state index contributed by atoms with van der Waals surface area (Å²) in [5, 5.41) is 8.47. The first-order chi connectivity index (χ1) is 9.47. The smallest absolute Gasteiger partial charge is 0.180 e. The Hall–Kier alpha value is -2.13. The lowest BCUT2D eigenvalue weighted by Gasteiger charge is -1.72. The summed E-state index contributed by atoms with van der Waals surface area (Å²) < 4.78 is 4.59. The highest BCUT2D eigenvalue weighted by Gasteiger charge is 1.89. The molecule has 0 radical (unpaired) electrons. The van der Waals surface area contributed by atoms with Crippen LogP contribution in [-0.4, -0.2) is 15.1 Å². The normalized spacial score (nSPS) is 9.10. The quantitative estimate of drug-likeness (QED) is 0.580. The summed E-state index contributed by atoms with van der Waals surface area (Å²) >= 11 is 2.92. The Morgan fingerprint density at radius 3 is 2.00 bits per heavy atom. The summed E-state index contributed by atoms with van der Waals surface area (Å²) in [4.78, 5) is 7.62. The summed E-state index contributed by atoms with van der Waals surface area (Å²) in [6, 6.07) is 1.67. The van der Waals surface area contributed by atoms with Gasteiger partial charge in [0.1, 0.15) is 5.76 Å². The van der Waals surface area contributed by atoms with Gasteiger partial charge in [0.25, 0.3) is 0 Å². The van der Waals surface area contributed by atoms with E-state index in [0.29, 0.717) is 16.1 Å². The molecule has 0 aliphatic carbocycles. The predicted molar refractivity (Wildman–Crippen MR) is 83.4 cm³/mol. The van der Waals surface area contributed by atoms with E-state index in [1.54, 1.807) is 19.2 Å². The number of hydrogen-bond acceptors (Lipinski definition) is 9. The molecule has 9 heteroatoms. The Kier molecular flexibility index (Phi) is 6.47. The van der Waals surface area contributed by atoms with Crippen molar-refractivity contribution in [3.63, 3.8) is 0 Å². The van der Waals surface area contributed by atoms with Crippen molar-refractivity contribution in [3.8, 4) is 0 Å². The topological polar surface area (TPSA) is 130 Å². The first-order valence-corrected chi connectivity index (χ1v) is 7.24. The van der Waals surface area contributed by atoms with Gasteiger partial charge in [-0.15, -0.1) is 22.7 Å². The number of nitrogen functional groups attached to an aromatic ring is 3. The molecule has 0 fully saturated rings. The van der Waals surface area contributed by atoms with Gasteiger partial charge in [-0.05, 0) is 13.8 Å². The average Bonchev–Trinajstić information content (AvgIpc) is 3.07. The van der Waals surface area contributed by atoms with E-state index in [2.05, 4.69) is 19.6 Å². The predicted octanol–water partition coefficient (Wildman–Crippen LogP) is 2.32. The van der Waals surface area contributed by atoms with Gasteiger partial charge >= 0.3 is 0 Å².